The van der Waals surface area contributed by atoms with Crippen LogP contribution in [-0.4, -0.2) is 27.0 Å². The third kappa shape index (κ3) is 4.31. The summed E-state index contributed by atoms with van der Waals surface area (Å²) in [6, 6.07) is 5.55. The molecular formula is C14H21NO4S. The molecule has 1 aromatic rings. The smallest absolute Gasteiger partial charge is 0.338 e. The van der Waals surface area contributed by atoms with Crippen LogP contribution in [0.5, 0.6) is 0 Å². The largest absolute Gasteiger partial charge is 0.462 e. The molecule has 0 aliphatic rings. The van der Waals surface area contributed by atoms with Crippen molar-refractivity contribution in [2.24, 2.45) is 5.92 Å². The molecule has 0 aliphatic heterocycles. The number of carbonyl (C=O) groups is 1. The predicted octanol–water partition coefficient (Wildman–Crippen LogP) is 2.19. The molecule has 0 saturated heterocycles. The lowest BCUT2D eigenvalue weighted by Gasteiger charge is -2.17. The summed E-state index contributed by atoms with van der Waals surface area (Å²) in [5.74, 6) is -0.261. The summed E-state index contributed by atoms with van der Waals surface area (Å²) in [4.78, 5) is 11.6. The third-order valence-corrected chi connectivity index (χ3v) is 4.59. The zero-order valence-corrected chi connectivity index (χ0v) is 13.0. The van der Waals surface area contributed by atoms with Gasteiger partial charge >= 0.3 is 5.97 Å². The van der Waals surface area contributed by atoms with Crippen LogP contribution in [0.2, 0.25) is 0 Å². The van der Waals surface area contributed by atoms with Crippen LogP contribution in [0.1, 0.15) is 38.1 Å². The highest BCUT2D eigenvalue weighted by molar-refractivity contribution is 7.89. The van der Waals surface area contributed by atoms with E-state index in [1.807, 2.05) is 20.8 Å². The van der Waals surface area contributed by atoms with Gasteiger partial charge in [-0.1, -0.05) is 13.8 Å². The van der Waals surface area contributed by atoms with Gasteiger partial charge in [-0.3, -0.25) is 0 Å². The van der Waals surface area contributed by atoms with Gasteiger partial charge in [0.25, 0.3) is 0 Å². The maximum Gasteiger partial charge on any atom is 0.338 e. The van der Waals surface area contributed by atoms with Crippen molar-refractivity contribution in [3.05, 3.63) is 29.8 Å². The Morgan fingerprint density at radius 1 is 1.20 bits per heavy atom. The van der Waals surface area contributed by atoms with Crippen molar-refractivity contribution in [2.75, 3.05) is 6.61 Å². The molecule has 0 bridgehead atoms. The molecule has 112 valence electrons. The van der Waals surface area contributed by atoms with Crippen LogP contribution in [-0.2, 0) is 14.8 Å². The highest BCUT2D eigenvalue weighted by Gasteiger charge is 2.19. The molecule has 0 radical (unpaired) electrons. The molecule has 0 fully saturated rings. The van der Waals surface area contributed by atoms with Crippen molar-refractivity contribution in [2.45, 2.75) is 38.6 Å². The highest BCUT2D eigenvalue weighted by Crippen LogP contribution is 2.13. The lowest BCUT2D eigenvalue weighted by Crippen LogP contribution is -2.36. The number of sulfonamides is 1. The maximum absolute atomic E-state index is 12.1. The minimum absolute atomic E-state index is 0.137. The van der Waals surface area contributed by atoms with E-state index in [9.17, 15) is 13.2 Å². The molecule has 20 heavy (non-hydrogen) atoms. The summed E-state index contributed by atoms with van der Waals surface area (Å²) in [7, 11) is -3.56. The maximum atomic E-state index is 12.1. The van der Waals surface area contributed by atoms with E-state index in [2.05, 4.69) is 4.72 Å². The summed E-state index contributed by atoms with van der Waals surface area (Å²) in [5.41, 5.74) is 0.336. The monoisotopic (exact) mass is 299 g/mol. The van der Waals surface area contributed by atoms with Gasteiger partial charge in [0.05, 0.1) is 17.1 Å². The summed E-state index contributed by atoms with van der Waals surface area (Å²) in [6.07, 6.45) is 0. The topological polar surface area (TPSA) is 72.5 Å². The summed E-state index contributed by atoms with van der Waals surface area (Å²) in [5, 5.41) is 0. The lowest BCUT2D eigenvalue weighted by molar-refractivity contribution is 0.0526. The molecule has 1 N–H and O–H groups in total. The van der Waals surface area contributed by atoms with Crippen LogP contribution in [0, 0.1) is 5.92 Å². The van der Waals surface area contributed by atoms with E-state index < -0.39 is 16.0 Å². The first-order valence-electron chi connectivity index (χ1n) is 6.57. The number of hydrogen-bond donors (Lipinski definition) is 1. The van der Waals surface area contributed by atoms with Gasteiger partial charge in [0.1, 0.15) is 0 Å². The average Bonchev–Trinajstić information content (AvgIpc) is 2.38. The molecule has 5 nitrogen and oxygen atoms in total. The minimum Gasteiger partial charge on any atom is -0.462 e. The van der Waals surface area contributed by atoms with Gasteiger partial charge in [0.2, 0.25) is 10.0 Å². The number of esters is 1. The Bertz CT molecular complexity index is 549. The van der Waals surface area contributed by atoms with Crippen LogP contribution in [0.15, 0.2) is 29.2 Å². The Labute approximate surface area is 120 Å². The van der Waals surface area contributed by atoms with Crippen molar-refractivity contribution in [1.82, 2.24) is 4.72 Å². The first-order valence-corrected chi connectivity index (χ1v) is 8.05. The van der Waals surface area contributed by atoms with Crippen molar-refractivity contribution in [1.29, 1.82) is 0 Å². The molecule has 0 spiro atoms. The van der Waals surface area contributed by atoms with E-state index >= 15 is 0 Å². The van der Waals surface area contributed by atoms with Gasteiger partial charge in [-0.2, -0.15) is 0 Å². The van der Waals surface area contributed by atoms with Crippen molar-refractivity contribution in [3.63, 3.8) is 0 Å². The summed E-state index contributed by atoms with van der Waals surface area (Å²) >= 11 is 0. The Morgan fingerprint density at radius 3 is 2.20 bits per heavy atom. The molecule has 0 aliphatic carbocycles. The molecule has 1 rings (SSSR count). The molecule has 0 saturated carbocycles. The molecule has 0 amide bonds. The molecule has 0 aromatic heterocycles. The van der Waals surface area contributed by atoms with Crippen LogP contribution in [0.3, 0.4) is 0 Å². The van der Waals surface area contributed by atoms with E-state index in [0.717, 1.165) is 0 Å². The quantitative estimate of drug-likeness (QED) is 0.817. The number of nitrogens with one attached hydrogen (secondary N) is 1. The van der Waals surface area contributed by atoms with E-state index in [-0.39, 0.29) is 23.5 Å². The normalized spacial score (nSPS) is 13.2. The van der Waals surface area contributed by atoms with Gasteiger partial charge in [0.15, 0.2) is 0 Å². The molecular weight excluding hydrogens is 278 g/mol. The standard InChI is InChI=1S/C14H21NO4S/c1-5-19-14(16)12-6-8-13(9-7-12)20(17,18)15-11(4)10(2)3/h6-11,15H,5H2,1-4H3. The van der Waals surface area contributed by atoms with Crippen LogP contribution >= 0.6 is 0 Å². The molecule has 6 heteroatoms. The average molecular weight is 299 g/mol. The van der Waals surface area contributed by atoms with Crippen LogP contribution < -0.4 is 4.72 Å². The lowest BCUT2D eigenvalue weighted by atomic mass is 10.1. The zero-order chi connectivity index (χ0) is 15.3. The zero-order valence-electron chi connectivity index (χ0n) is 12.2. The fraction of sp³-hybridized carbons (Fsp3) is 0.500. The van der Waals surface area contributed by atoms with Crippen molar-refractivity contribution < 1.29 is 17.9 Å². The second-order valence-electron chi connectivity index (χ2n) is 4.90. The Kier molecular flexibility index (Phi) is 5.71. The highest BCUT2D eigenvalue weighted by atomic mass is 32.2. The van der Waals surface area contributed by atoms with Gasteiger partial charge in [0, 0.05) is 6.04 Å². The number of benzene rings is 1. The predicted molar refractivity (Wildman–Crippen MR) is 77.0 cm³/mol. The van der Waals surface area contributed by atoms with E-state index in [1.54, 1.807) is 6.92 Å². The molecule has 1 atom stereocenters. The van der Waals surface area contributed by atoms with E-state index in [1.165, 1.54) is 24.3 Å². The second kappa shape index (κ2) is 6.85. The Morgan fingerprint density at radius 2 is 1.75 bits per heavy atom. The van der Waals surface area contributed by atoms with E-state index in [4.69, 9.17) is 4.74 Å². The Balaban J connectivity index is 2.90. The van der Waals surface area contributed by atoms with Gasteiger partial charge in [-0.05, 0) is 44.0 Å². The molecule has 1 unspecified atom stereocenters. The van der Waals surface area contributed by atoms with Gasteiger partial charge in [-0.15, -0.1) is 0 Å². The van der Waals surface area contributed by atoms with Crippen LogP contribution in [0.25, 0.3) is 0 Å². The minimum atomic E-state index is -3.56. The molecule has 1 aromatic carbocycles. The number of rotatable bonds is 6. The third-order valence-electron chi connectivity index (χ3n) is 3.02. The number of carbonyl (C=O) groups excluding carboxylic acids is 1. The SMILES string of the molecule is CCOC(=O)c1ccc(S(=O)(=O)NC(C)C(C)C)cc1. The van der Waals surface area contributed by atoms with Gasteiger partial charge < -0.3 is 4.74 Å². The van der Waals surface area contributed by atoms with E-state index in [0.29, 0.717) is 5.56 Å². The second-order valence-corrected chi connectivity index (χ2v) is 6.61. The fourth-order valence-electron chi connectivity index (χ4n) is 1.43. The fourth-order valence-corrected chi connectivity index (χ4v) is 2.83. The summed E-state index contributed by atoms with van der Waals surface area (Å²) < 4.78 is 31.7. The van der Waals surface area contributed by atoms with Crippen molar-refractivity contribution in [3.8, 4) is 0 Å². The first-order chi connectivity index (χ1) is 9.27. The van der Waals surface area contributed by atoms with Crippen molar-refractivity contribution >= 4 is 16.0 Å². The van der Waals surface area contributed by atoms with Gasteiger partial charge in [-0.25, -0.2) is 17.9 Å². The molecule has 0 heterocycles. The number of hydrogen-bond acceptors (Lipinski definition) is 4. The Hall–Kier alpha value is -1.40. The first kappa shape index (κ1) is 16.7. The van der Waals surface area contributed by atoms with Crippen LogP contribution in [0.4, 0.5) is 0 Å². The number of ether oxygens (including phenoxy) is 1. The summed E-state index contributed by atoms with van der Waals surface area (Å²) in [6.45, 7) is 7.70.